The quantitative estimate of drug-likeness (QED) is 0.735. The molecule has 0 aliphatic rings. The average molecular weight is 278 g/mol. The molecule has 0 heterocycles. The third-order valence-corrected chi connectivity index (χ3v) is 2.45. The smallest absolute Gasteiger partial charge is 0.101 e. The van der Waals surface area contributed by atoms with Crippen molar-refractivity contribution < 1.29 is 22.3 Å². The molecule has 2 N–H and O–H groups in total. The molecule has 0 aliphatic carbocycles. The molecule has 0 spiro atoms. The van der Waals surface area contributed by atoms with Crippen LogP contribution in [0.5, 0.6) is 0 Å². The van der Waals surface area contributed by atoms with Crippen LogP contribution >= 0.6 is 0 Å². The van der Waals surface area contributed by atoms with Gasteiger partial charge in [-0.15, -0.1) is 0 Å². The second-order valence-corrected chi connectivity index (χ2v) is 3.67. The van der Waals surface area contributed by atoms with Crippen molar-refractivity contribution in [3.63, 3.8) is 0 Å². The van der Waals surface area contributed by atoms with Crippen LogP contribution in [0.3, 0.4) is 0 Å². The largest absolute Gasteiger partial charge is 1.00 e. The van der Waals surface area contributed by atoms with Gasteiger partial charge in [-0.1, -0.05) is 60.7 Å². The fourth-order valence-electron chi connectivity index (χ4n) is 1.63. The summed E-state index contributed by atoms with van der Waals surface area (Å²) in [7, 11) is 0. The van der Waals surface area contributed by atoms with Gasteiger partial charge in [0.2, 0.25) is 0 Å². The Hall–Kier alpha value is -1.12. The summed E-state index contributed by atoms with van der Waals surface area (Å²) in [5, 5.41) is 2.32. The predicted molar refractivity (Wildman–Crippen MR) is 62.2 cm³/mol. The van der Waals surface area contributed by atoms with Crippen molar-refractivity contribution >= 4 is 0 Å². The molecule has 0 bridgehead atoms. The first-order valence-corrected chi connectivity index (χ1v) is 5.34. The highest BCUT2D eigenvalue weighted by Crippen LogP contribution is 1.96. The minimum atomic E-state index is 0. The monoisotopic (exact) mass is 277 g/mol. The molecule has 0 atom stereocenters. The van der Waals surface area contributed by atoms with Gasteiger partial charge in [-0.25, -0.2) is 0 Å². The lowest BCUT2D eigenvalue weighted by molar-refractivity contribution is -0.686. The number of benzene rings is 2. The van der Waals surface area contributed by atoms with Crippen LogP contribution in [0, 0.1) is 0 Å². The van der Waals surface area contributed by atoms with E-state index < -0.39 is 0 Å². The molecule has 0 amide bonds. The van der Waals surface area contributed by atoms with Gasteiger partial charge in [0.1, 0.15) is 13.1 Å². The highest BCUT2D eigenvalue weighted by atomic mass is 79.9. The molecule has 0 unspecified atom stereocenters. The Balaban J connectivity index is 0.00000128. The van der Waals surface area contributed by atoms with Crippen molar-refractivity contribution in [1.29, 1.82) is 0 Å². The molecular weight excluding hydrogens is 262 g/mol. The molecular formula is C14H16BrN. The van der Waals surface area contributed by atoms with Gasteiger partial charge >= 0.3 is 0 Å². The van der Waals surface area contributed by atoms with E-state index in [9.17, 15) is 0 Å². The van der Waals surface area contributed by atoms with Crippen molar-refractivity contribution in [2.24, 2.45) is 0 Å². The van der Waals surface area contributed by atoms with Crippen molar-refractivity contribution in [3.05, 3.63) is 71.8 Å². The SMILES string of the molecule is [Br-].c1ccc(C[NH2+]Cc2ccccc2)cc1. The van der Waals surface area contributed by atoms with E-state index in [2.05, 4.69) is 66.0 Å². The molecule has 1 nitrogen and oxygen atoms in total. The molecule has 84 valence electrons. The van der Waals surface area contributed by atoms with Gasteiger partial charge < -0.3 is 22.3 Å². The Kier molecular flexibility index (Phi) is 5.83. The molecule has 16 heavy (non-hydrogen) atoms. The second-order valence-electron chi connectivity index (χ2n) is 3.67. The molecule has 0 aliphatic heterocycles. The average Bonchev–Trinajstić information content (AvgIpc) is 2.32. The molecule has 0 saturated carbocycles. The number of halogens is 1. The Morgan fingerprint density at radius 1 is 0.625 bits per heavy atom. The van der Waals surface area contributed by atoms with E-state index in [1.54, 1.807) is 0 Å². The summed E-state index contributed by atoms with van der Waals surface area (Å²) in [4.78, 5) is 0. The van der Waals surface area contributed by atoms with Gasteiger partial charge in [0, 0.05) is 11.1 Å². The predicted octanol–water partition coefficient (Wildman–Crippen LogP) is -1.05. The van der Waals surface area contributed by atoms with Crippen molar-refractivity contribution in [2.45, 2.75) is 13.1 Å². The van der Waals surface area contributed by atoms with Crippen LogP contribution in [0.1, 0.15) is 11.1 Å². The van der Waals surface area contributed by atoms with E-state index >= 15 is 0 Å². The van der Waals surface area contributed by atoms with Crippen molar-refractivity contribution in [2.75, 3.05) is 0 Å². The van der Waals surface area contributed by atoms with E-state index in [4.69, 9.17) is 0 Å². The maximum Gasteiger partial charge on any atom is 0.101 e. The zero-order valence-electron chi connectivity index (χ0n) is 9.14. The van der Waals surface area contributed by atoms with Gasteiger partial charge in [0.25, 0.3) is 0 Å². The molecule has 0 radical (unpaired) electrons. The third kappa shape index (κ3) is 4.17. The van der Waals surface area contributed by atoms with Crippen LogP contribution in [-0.4, -0.2) is 0 Å². The van der Waals surface area contributed by atoms with E-state index in [-0.39, 0.29) is 17.0 Å². The van der Waals surface area contributed by atoms with Gasteiger partial charge in [-0.3, -0.25) is 0 Å². The van der Waals surface area contributed by atoms with E-state index in [1.165, 1.54) is 11.1 Å². The van der Waals surface area contributed by atoms with Gasteiger partial charge in [-0.05, 0) is 0 Å². The Bertz CT molecular complexity index is 346. The summed E-state index contributed by atoms with van der Waals surface area (Å²) >= 11 is 0. The zero-order valence-corrected chi connectivity index (χ0v) is 10.7. The van der Waals surface area contributed by atoms with Crippen molar-refractivity contribution in [3.8, 4) is 0 Å². The fourth-order valence-corrected chi connectivity index (χ4v) is 1.63. The summed E-state index contributed by atoms with van der Waals surface area (Å²) in [5.41, 5.74) is 2.77. The number of hydrogen-bond acceptors (Lipinski definition) is 0. The standard InChI is InChI=1S/C14H15N.BrH/c1-3-7-13(8-4-1)11-15-12-14-9-5-2-6-10-14;/h1-10,15H,11-12H2;1H. The topological polar surface area (TPSA) is 16.6 Å². The maximum atomic E-state index is 2.32. The first kappa shape index (κ1) is 12.9. The molecule has 2 rings (SSSR count). The van der Waals surface area contributed by atoms with E-state index in [1.807, 2.05) is 0 Å². The third-order valence-electron chi connectivity index (χ3n) is 2.45. The van der Waals surface area contributed by atoms with Crippen LogP contribution in [-0.2, 0) is 13.1 Å². The normalized spacial score (nSPS) is 9.50. The van der Waals surface area contributed by atoms with E-state index in [0.717, 1.165) is 13.1 Å². The lowest BCUT2D eigenvalue weighted by Gasteiger charge is -2.01. The minimum Gasteiger partial charge on any atom is -1.00 e. The Morgan fingerprint density at radius 2 is 1.00 bits per heavy atom. The van der Waals surface area contributed by atoms with E-state index in [0.29, 0.717) is 0 Å². The van der Waals surface area contributed by atoms with Crippen molar-refractivity contribution in [1.82, 2.24) is 0 Å². The van der Waals surface area contributed by atoms with Crippen LogP contribution in [0.2, 0.25) is 0 Å². The molecule has 0 aromatic heterocycles. The summed E-state index contributed by atoms with van der Waals surface area (Å²) in [6.07, 6.45) is 0. The molecule has 2 heteroatoms. The molecule has 0 saturated heterocycles. The summed E-state index contributed by atoms with van der Waals surface area (Å²) < 4.78 is 0. The lowest BCUT2D eigenvalue weighted by atomic mass is 10.2. The molecule has 2 aromatic rings. The van der Waals surface area contributed by atoms with Crippen LogP contribution in [0.4, 0.5) is 0 Å². The number of rotatable bonds is 4. The molecule has 2 aromatic carbocycles. The van der Waals surface area contributed by atoms with Gasteiger partial charge in [0.05, 0.1) is 0 Å². The van der Waals surface area contributed by atoms with Gasteiger partial charge in [0.15, 0.2) is 0 Å². The zero-order chi connectivity index (χ0) is 10.3. The summed E-state index contributed by atoms with van der Waals surface area (Å²) in [6, 6.07) is 21.1. The summed E-state index contributed by atoms with van der Waals surface area (Å²) in [5.74, 6) is 0. The lowest BCUT2D eigenvalue weighted by Crippen LogP contribution is -3.00. The first-order chi connectivity index (χ1) is 7.45. The number of quaternary nitrogens is 1. The second kappa shape index (κ2) is 7.20. The van der Waals surface area contributed by atoms with Crippen LogP contribution < -0.4 is 22.3 Å². The van der Waals surface area contributed by atoms with Crippen LogP contribution in [0.15, 0.2) is 60.7 Å². The summed E-state index contributed by atoms with van der Waals surface area (Å²) in [6.45, 7) is 2.10. The number of nitrogens with two attached hydrogens (primary N) is 1. The Labute approximate surface area is 107 Å². The van der Waals surface area contributed by atoms with Gasteiger partial charge in [-0.2, -0.15) is 0 Å². The Morgan fingerprint density at radius 3 is 1.38 bits per heavy atom. The number of hydrogen-bond donors (Lipinski definition) is 1. The fraction of sp³-hybridized carbons (Fsp3) is 0.143. The molecule has 0 fully saturated rings. The van der Waals surface area contributed by atoms with Crippen LogP contribution in [0.25, 0.3) is 0 Å². The highest BCUT2D eigenvalue weighted by Gasteiger charge is 1.95. The highest BCUT2D eigenvalue weighted by molar-refractivity contribution is 5.14. The minimum absolute atomic E-state index is 0. The maximum absolute atomic E-state index is 2.32. The first-order valence-electron chi connectivity index (χ1n) is 5.34.